The molecule has 106 valence electrons. The lowest BCUT2D eigenvalue weighted by Crippen LogP contribution is -2.10. The third kappa shape index (κ3) is 4.25. The number of para-hydroxylation sites is 1. The molecule has 0 unspecified atom stereocenters. The van der Waals surface area contributed by atoms with E-state index in [4.69, 9.17) is 9.47 Å². The lowest BCUT2D eigenvalue weighted by atomic mass is 10.1. The van der Waals surface area contributed by atoms with E-state index >= 15 is 0 Å². The van der Waals surface area contributed by atoms with Crippen molar-refractivity contribution in [2.75, 3.05) is 13.2 Å². The van der Waals surface area contributed by atoms with Gasteiger partial charge in [0.2, 0.25) is 0 Å². The van der Waals surface area contributed by atoms with Gasteiger partial charge in [0, 0.05) is 10.0 Å². The van der Waals surface area contributed by atoms with Crippen LogP contribution in [-0.2, 0) is 0 Å². The Hall–Kier alpha value is -1.52. The number of aliphatic hydroxyl groups is 1. The zero-order valence-electron chi connectivity index (χ0n) is 11.3. The van der Waals surface area contributed by atoms with Crippen molar-refractivity contribution < 1.29 is 14.6 Å². The zero-order chi connectivity index (χ0) is 14.4. The summed E-state index contributed by atoms with van der Waals surface area (Å²) in [6.45, 7) is 2.59. The summed E-state index contributed by atoms with van der Waals surface area (Å²) in [5.41, 5.74) is 0.771. The second kappa shape index (κ2) is 7.31. The van der Waals surface area contributed by atoms with Crippen LogP contribution < -0.4 is 9.47 Å². The van der Waals surface area contributed by atoms with Crippen molar-refractivity contribution in [3.8, 4) is 11.5 Å². The molecular weight excluding hydrogens is 320 g/mol. The van der Waals surface area contributed by atoms with Crippen LogP contribution in [0.15, 0.2) is 53.0 Å². The molecule has 2 rings (SSSR count). The maximum absolute atomic E-state index is 9.70. The highest BCUT2D eigenvalue weighted by molar-refractivity contribution is 9.10. The van der Waals surface area contributed by atoms with Gasteiger partial charge in [-0.15, -0.1) is 0 Å². The van der Waals surface area contributed by atoms with Crippen molar-refractivity contribution in [1.29, 1.82) is 0 Å². The van der Waals surface area contributed by atoms with E-state index in [-0.39, 0.29) is 0 Å². The van der Waals surface area contributed by atoms with Gasteiger partial charge in [-0.25, -0.2) is 0 Å². The van der Waals surface area contributed by atoms with Crippen LogP contribution in [0.3, 0.4) is 0 Å². The average molecular weight is 337 g/mol. The van der Waals surface area contributed by atoms with E-state index < -0.39 is 6.10 Å². The second-order valence-corrected chi connectivity index (χ2v) is 5.28. The number of aliphatic hydroxyl groups excluding tert-OH is 1. The Morgan fingerprint density at radius 3 is 2.45 bits per heavy atom. The molecule has 0 bridgehead atoms. The number of benzene rings is 2. The standard InChI is InChI=1S/C16H17BrO3/c1-12(18)15-8-7-13(17)11-16(15)20-10-9-19-14-5-3-2-4-6-14/h2-8,11-12,18H,9-10H2,1H3/t12-/m1/s1. The third-order valence-corrected chi connectivity index (χ3v) is 3.27. The van der Waals surface area contributed by atoms with Crippen molar-refractivity contribution >= 4 is 15.9 Å². The van der Waals surface area contributed by atoms with Gasteiger partial charge in [0.15, 0.2) is 0 Å². The van der Waals surface area contributed by atoms with E-state index in [2.05, 4.69) is 15.9 Å². The Balaban J connectivity index is 1.89. The van der Waals surface area contributed by atoms with Crippen LogP contribution in [0.2, 0.25) is 0 Å². The van der Waals surface area contributed by atoms with Crippen LogP contribution in [0.5, 0.6) is 11.5 Å². The molecular formula is C16H17BrO3. The molecule has 0 spiro atoms. The van der Waals surface area contributed by atoms with Crippen LogP contribution in [0.1, 0.15) is 18.6 Å². The molecule has 3 nitrogen and oxygen atoms in total. The molecule has 0 amide bonds. The molecule has 1 N–H and O–H groups in total. The van der Waals surface area contributed by atoms with Crippen LogP contribution in [0, 0.1) is 0 Å². The summed E-state index contributed by atoms with van der Waals surface area (Å²) in [6, 6.07) is 15.2. The fraction of sp³-hybridized carbons (Fsp3) is 0.250. The Bertz CT molecular complexity index is 541. The van der Waals surface area contributed by atoms with E-state index in [1.54, 1.807) is 6.92 Å². The minimum atomic E-state index is -0.562. The van der Waals surface area contributed by atoms with Gasteiger partial charge < -0.3 is 14.6 Å². The predicted molar refractivity (Wildman–Crippen MR) is 82.2 cm³/mol. The monoisotopic (exact) mass is 336 g/mol. The van der Waals surface area contributed by atoms with Gasteiger partial charge in [-0.05, 0) is 31.2 Å². The molecule has 0 radical (unpaired) electrons. The van der Waals surface area contributed by atoms with E-state index in [0.717, 1.165) is 15.8 Å². The first kappa shape index (κ1) is 14.9. The highest BCUT2D eigenvalue weighted by atomic mass is 79.9. The number of hydrogen-bond acceptors (Lipinski definition) is 3. The zero-order valence-corrected chi connectivity index (χ0v) is 12.8. The first-order chi connectivity index (χ1) is 9.66. The highest BCUT2D eigenvalue weighted by Crippen LogP contribution is 2.28. The highest BCUT2D eigenvalue weighted by Gasteiger charge is 2.09. The Morgan fingerprint density at radius 2 is 1.75 bits per heavy atom. The summed E-state index contributed by atoms with van der Waals surface area (Å²) in [6.07, 6.45) is -0.562. The molecule has 1 atom stereocenters. The number of ether oxygens (including phenoxy) is 2. The smallest absolute Gasteiger partial charge is 0.126 e. The van der Waals surface area contributed by atoms with E-state index in [1.807, 2.05) is 48.5 Å². The maximum atomic E-state index is 9.70. The van der Waals surface area contributed by atoms with Gasteiger partial charge >= 0.3 is 0 Å². The van der Waals surface area contributed by atoms with Gasteiger partial charge in [0.1, 0.15) is 24.7 Å². The van der Waals surface area contributed by atoms with E-state index in [1.165, 1.54) is 0 Å². The van der Waals surface area contributed by atoms with Gasteiger partial charge in [-0.1, -0.05) is 40.2 Å². The van der Waals surface area contributed by atoms with Crippen molar-refractivity contribution in [3.63, 3.8) is 0 Å². The quantitative estimate of drug-likeness (QED) is 0.811. The van der Waals surface area contributed by atoms with Gasteiger partial charge in [-0.3, -0.25) is 0 Å². The normalized spacial score (nSPS) is 11.9. The minimum Gasteiger partial charge on any atom is -0.490 e. The Kier molecular flexibility index (Phi) is 5.44. The Labute approximate surface area is 127 Å². The molecule has 4 heteroatoms. The molecule has 2 aromatic carbocycles. The summed E-state index contributed by atoms with van der Waals surface area (Å²) < 4.78 is 12.2. The molecule has 20 heavy (non-hydrogen) atoms. The molecule has 0 aliphatic rings. The van der Waals surface area contributed by atoms with Crippen molar-refractivity contribution in [3.05, 3.63) is 58.6 Å². The molecule has 0 aromatic heterocycles. The second-order valence-electron chi connectivity index (χ2n) is 4.37. The summed E-state index contributed by atoms with van der Waals surface area (Å²) >= 11 is 3.40. The minimum absolute atomic E-state index is 0.422. The van der Waals surface area contributed by atoms with Crippen molar-refractivity contribution in [1.82, 2.24) is 0 Å². The first-order valence-electron chi connectivity index (χ1n) is 6.45. The molecule has 0 aliphatic heterocycles. The molecule has 2 aromatic rings. The summed E-state index contributed by atoms with van der Waals surface area (Å²) in [5, 5.41) is 9.70. The van der Waals surface area contributed by atoms with E-state index in [0.29, 0.717) is 19.0 Å². The van der Waals surface area contributed by atoms with E-state index in [9.17, 15) is 5.11 Å². The summed E-state index contributed by atoms with van der Waals surface area (Å²) in [4.78, 5) is 0. The molecule has 0 saturated heterocycles. The topological polar surface area (TPSA) is 38.7 Å². The Morgan fingerprint density at radius 1 is 1.05 bits per heavy atom. The van der Waals surface area contributed by atoms with Gasteiger partial charge in [-0.2, -0.15) is 0 Å². The fourth-order valence-electron chi connectivity index (χ4n) is 1.81. The van der Waals surface area contributed by atoms with Crippen LogP contribution in [0.25, 0.3) is 0 Å². The van der Waals surface area contributed by atoms with Crippen molar-refractivity contribution in [2.24, 2.45) is 0 Å². The maximum Gasteiger partial charge on any atom is 0.126 e. The number of hydrogen-bond donors (Lipinski definition) is 1. The number of rotatable bonds is 6. The lowest BCUT2D eigenvalue weighted by Gasteiger charge is -2.14. The van der Waals surface area contributed by atoms with Crippen LogP contribution in [-0.4, -0.2) is 18.3 Å². The molecule has 0 fully saturated rings. The predicted octanol–water partition coefficient (Wildman–Crippen LogP) is 3.96. The molecule has 0 heterocycles. The van der Waals surface area contributed by atoms with Crippen LogP contribution >= 0.6 is 15.9 Å². The largest absolute Gasteiger partial charge is 0.490 e. The van der Waals surface area contributed by atoms with Crippen molar-refractivity contribution in [2.45, 2.75) is 13.0 Å². The summed E-state index contributed by atoms with van der Waals surface area (Å²) in [7, 11) is 0. The number of halogens is 1. The van der Waals surface area contributed by atoms with Gasteiger partial charge in [0.25, 0.3) is 0 Å². The fourth-order valence-corrected chi connectivity index (χ4v) is 2.15. The molecule has 0 aliphatic carbocycles. The summed E-state index contributed by atoms with van der Waals surface area (Å²) in [5.74, 6) is 1.49. The average Bonchev–Trinajstić information content (AvgIpc) is 2.44. The van der Waals surface area contributed by atoms with Gasteiger partial charge in [0.05, 0.1) is 6.10 Å². The first-order valence-corrected chi connectivity index (χ1v) is 7.24. The van der Waals surface area contributed by atoms with Crippen LogP contribution in [0.4, 0.5) is 0 Å². The third-order valence-electron chi connectivity index (χ3n) is 2.78. The molecule has 0 saturated carbocycles. The SMILES string of the molecule is C[C@@H](O)c1ccc(Br)cc1OCCOc1ccccc1. The lowest BCUT2D eigenvalue weighted by molar-refractivity contribution is 0.182.